The average Bonchev–Trinajstić information content (AvgIpc) is 3.70. The van der Waals surface area contributed by atoms with Gasteiger partial charge in [-0.1, -0.05) is 36.4 Å². The van der Waals surface area contributed by atoms with Gasteiger partial charge in [0.05, 0.1) is 22.8 Å². The topological polar surface area (TPSA) is 93.0 Å². The Bertz CT molecular complexity index is 1530. The Kier molecular flexibility index (Phi) is 5.99. The van der Waals surface area contributed by atoms with Crippen molar-refractivity contribution in [3.05, 3.63) is 107 Å². The quantitative estimate of drug-likeness (QED) is 0.286. The third-order valence-electron chi connectivity index (χ3n) is 6.93. The number of aromatic amines is 2. The van der Waals surface area contributed by atoms with Crippen LogP contribution in [0.5, 0.6) is 0 Å². The van der Waals surface area contributed by atoms with E-state index in [2.05, 4.69) is 106 Å². The first-order chi connectivity index (χ1) is 18.5. The number of hydrogen-bond donors (Lipinski definition) is 2. The zero-order valence-corrected chi connectivity index (χ0v) is 22.0. The molecule has 0 saturated carbocycles. The van der Waals surface area contributed by atoms with Crippen LogP contribution in [0.1, 0.15) is 33.6 Å². The fourth-order valence-electron chi connectivity index (χ4n) is 5.18. The fourth-order valence-corrected chi connectivity index (χ4v) is 5.18. The lowest BCUT2D eigenvalue weighted by Gasteiger charge is -2.12. The van der Waals surface area contributed by atoms with Gasteiger partial charge in [0, 0.05) is 37.2 Å². The molecular weight excluding hydrogens is 472 g/mol. The molecular formula is C30H30N8. The number of nitrogens with one attached hydrogen (secondary N) is 2. The predicted octanol–water partition coefficient (Wildman–Crippen LogP) is 5.86. The Morgan fingerprint density at radius 2 is 1.00 bits per heavy atom. The van der Waals surface area contributed by atoms with Gasteiger partial charge in [-0.25, -0.2) is 19.9 Å². The minimum absolute atomic E-state index is 0.743. The molecule has 0 saturated heterocycles. The zero-order chi connectivity index (χ0) is 26.2. The average molecular weight is 503 g/mol. The molecule has 2 aromatic carbocycles. The zero-order valence-electron chi connectivity index (χ0n) is 22.0. The number of nitrogens with zero attached hydrogens (tertiary/aromatic N) is 6. The molecule has 0 aliphatic heterocycles. The molecule has 0 aliphatic carbocycles. The maximum atomic E-state index is 5.01. The predicted molar refractivity (Wildman–Crippen MR) is 149 cm³/mol. The van der Waals surface area contributed by atoms with Gasteiger partial charge in [-0.3, -0.25) is 9.13 Å². The maximum absolute atomic E-state index is 5.01. The standard InChI is InChI=1S/C30H30N8/c1-19-7-5-8-20(2)25(19)37-17-23(35-29(37)27-31-13-14-32-27)11-12-24-18-38(26-21(3)9-6-10-22(26)4)30(36-24)28-33-15-16-34-28/h5-10,13-18H,11-12H2,1-4H3,(H,31,32)(H,33,34). The Balaban J connectivity index is 1.37. The number of imidazole rings is 4. The van der Waals surface area contributed by atoms with Crippen molar-refractivity contribution >= 4 is 0 Å². The first-order valence-corrected chi connectivity index (χ1v) is 12.8. The molecule has 0 aliphatic rings. The summed E-state index contributed by atoms with van der Waals surface area (Å²) in [5, 5.41) is 0. The van der Waals surface area contributed by atoms with Crippen LogP contribution in [0.4, 0.5) is 0 Å². The van der Waals surface area contributed by atoms with E-state index in [1.807, 2.05) is 12.4 Å². The van der Waals surface area contributed by atoms with Crippen LogP contribution in [0.25, 0.3) is 34.7 Å². The molecule has 0 amide bonds. The molecule has 38 heavy (non-hydrogen) atoms. The summed E-state index contributed by atoms with van der Waals surface area (Å²) in [7, 11) is 0. The molecule has 6 rings (SSSR count). The van der Waals surface area contributed by atoms with E-state index >= 15 is 0 Å². The van der Waals surface area contributed by atoms with Gasteiger partial charge in [0.15, 0.2) is 23.3 Å². The van der Waals surface area contributed by atoms with E-state index in [4.69, 9.17) is 9.97 Å². The molecule has 0 atom stereocenters. The maximum Gasteiger partial charge on any atom is 0.181 e. The molecule has 4 heterocycles. The molecule has 8 heteroatoms. The SMILES string of the molecule is Cc1cccc(C)c1-n1cc(CCc2cn(-c3c(C)cccc3C)c(-c3ncc[nH]3)n2)nc1-c1ncc[nH]1. The normalized spacial score (nSPS) is 11.4. The number of aryl methyl sites for hydroxylation is 6. The third-order valence-corrected chi connectivity index (χ3v) is 6.93. The van der Waals surface area contributed by atoms with Crippen LogP contribution < -0.4 is 0 Å². The number of hydrogen-bond acceptors (Lipinski definition) is 4. The van der Waals surface area contributed by atoms with Crippen LogP contribution in [-0.2, 0) is 12.8 Å². The first kappa shape index (κ1) is 23.7. The number of H-pyrrole nitrogens is 2. The Morgan fingerprint density at radius 1 is 0.605 bits per heavy atom. The lowest BCUT2D eigenvalue weighted by atomic mass is 10.1. The molecule has 4 aromatic heterocycles. The number of benzene rings is 2. The lowest BCUT2D eigenvalue weighted by Crippen LogP contribution is -2.02. The van der Waals surface area contributed by atoms with E-state index in [0.29, 0.717) is 0 Å². The van der Waals surface area contributed by atoms with Gasteiger partial charge in [0.25, 0.3) is 0 Å². The van der Waals surface area contributed by atoms with Gasteiger partial charge >= 0.3 is 0 Å². The monoisotopic (exact) mass is 502 g/mol. The number of rotatable bonds is 7. The van der Waals surface area contributed by atoms with E-state index < -0.39 is 0 Å². The Labute approximate surface area is 221 Å². The lowest BCUT2D eigenvalue weighted by molar-refractivity contribution is 0.896. The molecule has 0 bridgehead atoms. The molecule has 0 spiro atoms. The number of aromatic nitrogens is 8. The van der Waals surface area contributed by atoms with Crippen LogP contribution in [0, 0.1) is 27.7 Å². The molecule has 190 valence electrons. The van der Waals surface area contributed by atoms with E-state index in [9.17, 15) is 0 Å². The van der Waals surface area contributed by atoms with Crippen molar-refractivity contribution in [2.45, 2.75) is 40.5 Å². The molecule has 0 unspecified atom stereocenters. The van der Waals surface area contributed by atoms with Crippen LogP contribution in [-0.4, -0.2) is 39.0 Å². The minimum atomic E-state index is 0.743. The summed E-state index contributed by atoms with van der Waals surface area (Å²) in [5.41, 5.74) is 9.01. The summed E-state index contributed by atoms with van der Waals surface area (Å²) in [6.07, 6.45) is 12.9. The van der Waals surface area contributed by atoms with E-state index in [0.717, 1.165) is 58.9 Å². The van der Waals surface area contributed by atoms with E-state index in [1.54, 1.807) is 12.4 Å². The highest BCUT2D eigenvalue weighted by Gasteiger charge is 2.19. The molecule has 8 nitrogen and oxygen atoms in total. The van der Waals surface area contributed by atoms with Crippen molar-refractivity contribution in [1.29, 1.82) is 0 Å². The fraction of sp³-hybridized carbons (Fsp3) is 0.200. The third kappa shape index (κ3) is 4.24. The second-order valence-corrected chi connectivity index (χ2v) is 9.71. The van der Waals surface area contributed by atoms with Gasteiger partial charge in [-0.2, -0.15) is 0 Å². The van der Waals surface area contributed by atoms with Gasteiger partial charge in [-0.05, 0) is 62.8 Å². The van der Waals surface area contributed by atoms with Crippen molar-refractivity contribution in [2.24, 2.45) is 0 Å². The van der Waals surface area contributed by atoms with Gasteiger partial charge in [-0.15, -0.1) is 0 Å². The van der Waals surface area contributed by atoms with Crippen LogP contribution >= 0.6 is 0 Å². The highest BCUT2D eigenvalue weighted by atomic mass is 15.1. The van der Waals surface area contributed by atoms with Crippen LogP contribution in [0.2, 0.25) is 0 Å². The minimum Gasteiger partial charge on any atom is -0.342 e. The summed E-state index contributed by atoms with van der Waals surface area (Å²) in [6, 6.07) is 12.7. The number of para-hydroxylation sites is 2. The second-order valence-electron chi connectivity index (χ2n) is 9.71. The van der Waals surface area contributed by atoms with Gasteiger partial charge in [0.2, 0.25) is 0 Å². The van der Waals surface area contributed by atoms with Gasteiger partial charge < -0.3 is 9.97 Å². The van der Waals surface area contributed by atoms with Crippen LogP contribution in [0.15, 0.2) is 73.6 Å². The summed E-state index contributed by atoms with van der Waals surface area (Å²) >= 11 is 0. The summed E-state index contributed by atoms with van der Waals surface area (Å²) in [4.78, 5) is 25.4. The van der Waals surface area contributed by atoms with Crippen molar-refractivity contribution in [3.8, 4) is 34.7 Å². The Morgan fingerprint density at radius 3 is 1.34 bits per heavy atom. The van der Waals surface area contributed by atoms with E-state index in [1.165, 1.54) is 22.3 Å². The molecule has 2 N–H and O–H groups in total. The van der Waals surface area contributed by atoms with Crippen molar-refractivity contribution < 1.29 is 0 Å². The van der Waals surface area contributed by atoms with Crippen molar-refractivity contribution in [2.75, 3.05) is 0 Å². The molecule has 0 fully saturated rings. The first-order valence-electron chi connectivity index (χ1n) is 12.8. The largest absolute Gasteiger partial charge is 0.342 e. The van der Waals surface area contributed by atoms with E-state index in [-0.39, 0.29) is 0 Å². The van der Waals surface area contributed by atoms with Crippen molar-refractivity contribution in [3.63, 3.8) is 0 Å². The Hall–Kier alpha value is -4.72. The summed E-state index contributed by atoms with van der Waals surface area (Å²) < 4.78 is 4.31. The smallest absolute Gasteiger partial charge is 0.181 e. The highest BCUT2D eigenvalue weighted by Crippen LogP contribution is 2.28. The summed E-state index contributed by atoms with van der Waals surface area (Å²) in [5.74, 6) is 3.11. The molecule has 0 radical (unpaired) electrons. The summed E-state index contributed by atoms with van der Waals surface area (Å²) in [6.45, 7) is 8.52. The van der Waals surface area contributed by atoms with Crippen molar-refractivity contribution in [1.82, 2.24) is 39.0 Å². The second kappa shape index (κ2) is 9.63. The molecule has 6 aromatic rings. The highest BCUT2D eigenvalue weighted by molar-refractivity contribution is 5.57. The van der Waals surface area contributed by atoms with Gasteiger partial charge in [0.1, 0.15) is 0 Å². The van der Waals surface area contributed by atoms with Crippen LogP contribution in [0.3, 0.4) is 0 Å².